The molecule has 0 bridgehead atoms. The molecule has 0 aliphatic carbocycles. The average molecular weight is 279 g/mol. The fourth-order valence-electron chi connectivity index (χ4n) is 2.73. The molecule has 1 aliphatic heterocycles. The summed E-state index contributed by atoms with van der Waals surface area (Å²) < 4.78 is 0. The molecule has 0 radical (unpaired) electrons. The first-order valence-electron chi connectivity index (χ1n) is 7.07. The van der Waals surface area contributed by atoms with E-state index in [1.54, 1.807) is 12.3 Å². The molecule has 21 heavy (non-hydrogen) atoms. The maximum absolute atomic E-state index is 8.93. The van der Waals surface area contributed by atoms with Gasteiger partial charge in [-0.3, -0.25) is 0 Å². The zero-order valence-electron chi connectivity index (χ0n) is 12.0. The van der Waals surface area contributed by atoms with Gasteiger partial charge in [0, 0.05) is 25.5 Å². The van der Waals surface area contributed by atoms with Crippen LogP contribution in [0.25, 0.3) is 0 Å². The van der Waals surface area contributed by atoms with Gasteiger partial charge in [-0.25, -0.2) is 9.97 Å². The molecule has 2 aromatic rings. The van der Waals surface area contributed by atoms with Gasteiger partial charge >= 0.3 is 0 Å². The lowest BCUT2D eigenvalue weighted by Gasteiger charge is -2.22. The third kappa shape index (κ3) is 2.79. The molecule has 0 unspecified atom stereocenters. The van der Waals surface area contributed by atoms with Crippen LogP contribution < -0.4 is 10.2 Å². The third-order valence-corrected chi connectivity index (χ3v) is 3.78. The van der Waals surface area contributed by atoms with E-state index < -0.39 is 0 Å². The van der Waals surface area contributed by atoms with Gasteiger partial charge in [-0.1, -0.05) is 18.2 Å². The molecule has 0 fully saturated rings. The van der Waals surface area contributed by atoms with Crippen molar-refractivity contribution in [3.8, 4) is 6.07 Å². The molecule has 1 aromatic heterocycles. The molecular weight excluding hydrogens is 262 g/mol. The van der Waals surface area contributed by atoms with Crippen molar-refractivity contribution in [2.24, 2.45) is 0 Å². The Kier molecular flexibility index (Phi) is 3.69. The second-order valence-electron chi connectivity index (χ2n) is 5.20. The van der Waals surface area contributed by atoms with Crippen LogP contribution in [0.1, 0.15) is 30.1 Å². The van der Waals surface area contributed by atoms with Crippen LogP contribution in [0.5, 0.6) is 0 Å². The summed E-state index contributed by atoms with van der Waals surface area (Å²) in [5.41, 5.74) is 2.87. The van der Waals surface area contributed by atoms with Crippen molar-refractivity contribution in [1.29, 1.82) is 5.26 Å². The first-order chi connectivity index (χ1) is 10.3. The summed E-state index contributed by atoms with van der Waals surface area (Å²) >= 11 is 0. The van der Waals surface area contributed by atoms with Crippen LogP contribution in [0.4, 0.5) is 11.6 Å². The van der Waals surface area contributed by atoms with E-state index in [2.05, 4.69) is 51.5 Å². The third-order valence-electron chi connectivity index (χ3n) is 3.78. The number of hydrogen-bond acceptors (Lipinski definition) is 5. The lowest BCUT2D eigenvalue weighted by molar-refractivity contribution is 0.661. The number of aromatic nitrogens is 2. The van der Waals surface area contributed by atoms with Gasteiger partial charge in [-0.15, -0.1) is 0 Å². The van der Waals surface area contributed by atoms with Gasteiger partial charge in [0.05, 0.1) is 6.04 Å². The fraction of sp³-hybridized carbons (Fsp3) is 0.312. The zero-order chi connectivity index (χ0) is 14.7. The normalized spacial score (nSPS) is 17.5. The number of anilines is 2. The monoisotopic (exact) mass is 279 g/mol. The number of nitrogens with zero attached hydrogens (tertiary/aromatic N) is 4. The Labute approximate surface area is 124 Å². The van der Waals surface area contributed by atoms with Gasteiger partial charge in [0.2, 0.25) is 5.95 Å². The number of fused-ring (bicyclic) bond motifs is 1. The smallest absolute Gasteiger partial charge is 0.224 e. The number of nitriles is 1. The summed E-state index contributed by atoms with van der Waals surface area (Å²) in [4.78, 5) is 10.7. The van der Waals surface area contributed by atoms with Crippen LogP contribution in [-0.2, 0) is 0 Å². The van der Waals surface area contributed by atoms with Gasteiger partial charge in [-0.05, 0) is 30.5 Å². The van der Waals surface area contributed by atoms with E-state index in [9.17, 15) is 0 Å². The number of hydrogen-bond donors (Lipinski definition) is 1. The number of benzene rings is 1. The second kappa shape index (κ2) is 5.80. The minimum absolute atomic E-state index is 0.167. The highest BCUT2D eigenvalue weighted by Gasteiger charge is 2.21. The van der Waals surface area contributed by atoms with Crippen molar-refractivity contribution in [2.75, 3.05) is 23.8 Å². The van der Waals surface area contributed by atoms with E-state index >= 15 is 0 Å². The van der Waals surface area contributed by atoms with E-state index in [4.69, 9.17) is 5.26 Å². The number of rotatable bonds is 2. The zero-order valence-corrected chi connectivity index (χ0v) is 12.0. The molecule has 1 N–H and O–H groups in total. The first kappa shape index (κ1) is 13.4. The van der Waals surface area contributed by atoms with Crippen LogP contribution in [0.2, 0.25) is 0 Å². The molecule has 0 amide bonds. The molecule has 106 valence electrons. The first-order valence-corrected chi connectivity index (χ1v) is 7.07. The van der Waals surface area contributed by atoms with Gasteiger partial charge < -0.3 is 10.2 Å². The van der Waals surface area contributed by atoms with Crippen LogP contribution in [0.3, 0.4) is 0 Å². The predicted octanol–water partition coefficient (Wildman–Crippen LogP) is 2.73. The highest BCUT2D eigenvalue weighted by molar-refractivity contribution is 5.56. The van der Waals surface area contributed by atoms with Gasteiger partial charge in [-0.2, -0.15) is 5.26 Å². The fourth-order valence-corrected chi connectivity index (χ4v) is 2.73. The van der Waals surface area contributed by atoms with Gasteiger partial charge in [0.15, 0.2) is 0 Å². The van der Waals surface area contributed by atoms with E-state index in [1.807, 2.05) is 6.07 Å². The van der Waals surface area contributed by atoms with E-state index in [1.165, 1.54) is 11.3 Å². The van der Waals surface area contributed by atoms with Crippen molar-refractivity contribution in [1.82, 2.24) is 9.97 Å². The summed E-state index contributed by atoms with van der Waals surface area (Å²) in [5, 5.41) is 12.3. The summed E-state index contributed by atoms with van der Waals surface area (Å²) in [6, 6.07) is 12.2. The Morgan fingerprint density at radius 3 is 3.05 bits per heavy atom. The molecule has 0 saturated heterocycles. The number of nitrogens with one attached hydrogen (secondary N) is 1. The average Bonchev–Trinajstić information content (AvgIpc) is 2.68. The Morgan fingerprint density at radius 1 is 1.33 bits per heavy atom. The maximum atomic E-state index is 8.93. The Bertz CT molecular complexity index is 676. The van der Waals surface area contributed by atoms with Crippen molar-refractivity contribution in [2.45, 2.75) is 18.9 Å². The Hall–Kier alpha value is -2.61. The Balaban J connectivity index is 1.91. The van der Waals surface area contributed by atoms with Crippen molar-refractivity contribution in [3.63, 3.8) is 0 Å². The summed E-state index contributed by atoms with van der Waals surface area (Å²) in [7, 11) is 2.12. The molecule has 2 heterocycles. The van der Waals surface area contributed by atoms with Crippen LogP contribution >= 0.6 is 0 Å². The Morgan fingerprint density at radius 2 is 2.19 bits per heavy atom. The maximum Gasteiger partial charge on any atom is 0.224 e. The van der Waals surface area contributed by atoms with Crippen LogP contribution in [0, 0.1) is 11.3 Å². The van der Waals surface area contributed by atoms with E-state index in [-0.39, 0.29) is 6.04 Å². The summed E-state index contributed by atoms with van der Waals surface area (Å²) in [6.45, 7) is 1.04. The highest BCUT2D eigenvalue weighted by Crippen LogP contribution is 2.33. The second-order valence-corrected chi connectivity index (χ2v) is 5.20. The van der Waals surface area contributed by atoms with E-state index in [0.29, 0.717) is 11.6 Å². The predicted molar refractivity (Wildman–Crippen MR) is 82.1 cm³/mol. The van der Waals surface area contributed by atoms with Crippen LogP contribution in [0.15, 0.2) is 36.5 Å². The van der Waals surface area contributed by atoms with Crippen molar-refractivity contribution >= 4 is 11.6 Å². The lowest BCUT2D eigenvalue weighted by Crippen LogP contribution is -2.17. The molecule has 1 aromatic carbocycles. The molecule has 5 nitrogen and oxygen atoms in total. The molecule has 0 spiro atoms. The minimum atomic E-state index is 0.167. The molecule has 1 aliphatic rings. The highest BCUT2D eigenvalue weighted by atomic mass is 15.1. The van der Waals surface area contributed by atoms with Crippen LogP contribution in [-0.4, -0.2) is 23.6 Å². The summed E-state index contributed by atoms with van der Waals surface area (Å²) in [5.74, 6) is 0.512. The van der Waals surface area contributed by atoms with E-state index in [0.717, 1.165) is 19.4 Å². The quantitative estimate of drug-likeness (QED) is 0.915. The standard InChI is InChI=1S/C16H17N5/c1-21-10-4-6-14(13-5-2-3-7-15(13)21)20-16-18-9-8-12(11-17)19-16/h2-3,5,7-9,14H,4,6,10H2,1H3,(H,18,19,20)/t14-/m1/s1. The molecule has 1 atom stereocenters. The SMILES string of the molecule is CN1CCC[C@@H](Nc2nccc(C#N)n2)c2ccccc21. The van der Waals surface area contributed by atoms with Crippen molar-refractivity contribution < 1.29 is 0 Å². The summed E-state index contributed by atoms with van der Waals surface area (Å²) in [6.07, 6.45) is 3.73. The van der Waals surface area contributed by atoms with Crippen molar-refractivity contribution in [3.05, 3.63) is 47.8 Å². The topological polar surface area (TPSA) is 64.8 Å². The largest absolute Gasteiger partial charge is 0.374 e. The van der Waals surface area contributed by atoms with Gasteiger partial charge in [0.25, 0.3) is 0 Å². The lowest BCUT2D eigenvalue weighted by atomic mass is 10.0. The van der Waals surface area contributed by atoms with Gasteiger partial charge in [0.1, 0.15) is 11.8 Å². The molecule has 0 saturated carbocycles. The molecular formula is C16H17N5. The molecule has 5 heteroatoms. The number of para-hydroxylation sites is 1. The minimum Gasteiger partial charge on any atom is -0.374 e. The molecule has 3 rings (SSSR count).